The first-order valence-corrected chi connectivity index (χ1v) is 8.34. The van der Waals surface area contributed by atoms with Crippen molar-refractivity contribution in [2.24, 2.45) is 0 Å². The molecule has 3 rings (SSSR count). The Labute approximate surface area is 142 Å². The van der Waals surface area contributed by atoms with E-state index in [2.05, 4.69) is 21.2 Å². The minimum absolute atomic E-state index is 0.0923. The van der Waals surface area contributed by atoms with Crippen LogP contribution < -0.4 is 5.32 Å². The van der Waals surface area contributed by atoms with E-state index in [1.165, 1.54) is 0 Å². The number of ether oxygens (including phenoxy) is 1. The molecule has 0 aromatic heterocycles. The van der Waals surface area contributed by atoms with Crippen LogP contribution in [-0.4, -0.2) is 34.9 Å². The molecule has 1 spiro atoms. The number of carbonyl (C=O) groups excluding carboxylic acids is 3. The predicted octanol–water partition coefficient (Wildman–Crippen LogP) is 2.36. The molecule has 0 radical (unpaired) electrons. The van der Waals surface area contributed by atoms with Crippen LogP contribution in [0.1, 0.15) is 31.2 Å². The van der Waals surface area contributed by atoms with Crippen LogP contribution in [-0.2, 0) is 20.9 Å². The first kappa shape index (κ1) is 16.0. The van der Waals surface area contributed by atoms with Gasteiger partial charge in [0.1, 0.15) is 18.7 Å². The number of esters is 1. The Hall–Kier alpha value is -1.89. The first-order valence-electron chi connectivity index (χ1n) is 7.55. The quantitative estimate of drug-likeness (QED) is 0.642. The van der Waals surface area contributed by atoms with Gasteiger partial charge < -0.3 is 10.1 Å². The van der Waals surface area contributed by atoms with Gasteiger partial charge in [0.25, 0.3) is 5.91 Å². The molecule has 0 unspecified atom stereocenters. The summed E-state index contributed by atoms with van der Waals surface area (Å²) in [4.78, 5) is 37.4. The number of imide groups is 1. The monoisotopic (exact) mass is 380 g/mol. The van der Waals surface area contributed by atoms with Gasteiger partial charge in [-0.2, -0.15) is 0 Å². The molecule has 3 amide bonds. The summed E-state index contributed by atoms with van der Waals surface area (Å²) in [5.74, 6) is -0.905. The Morgan fingerprint density at radius 3 is 2.65 bits per heavy atom. The Bertz CT molecular complexity index is 655. The molecule has 1 N–H and O–H groups in total. The van der Waals surface area contributed by atoms with E-state index in [9.17, 15) is 14.4 Å². The number of carbonyl (C=O) groups is 3. The highest BCUT2D eigenvalue weighted by Gasteiger charge is 2.52. The molecule has 1 aliphatic heterocycles. The zero-order valence-electron chi connectivity index (χ0n) is 12.5. The van der Waals surface area contributed by atoms with Gasteiger partial charge in [0, 0.05) is 10.0 Å². The lowest BCUT2D eigenvalue weighted by Gasteiger charge is -2.19. The molecule has 1 aromatic rings. The second-order valence-electron chi connectivity index (χ2n) is 5.86. The van der Waals surface area contributed by atoms with Crippen LogP contribution in [0.25, 0.3) is 0 Å². The van der Waals surface area contributed by atoms with Crippen LogP contribution in [0, 0.1) is 0 Å². The zero-order chi connectivity index (χ0) is 16.4. The Morgan fingerprint density at radius 2 is 1.96 bits per heavy atom. The van der Waals surface area contributed by atoms with Crippen molar-refractivity contribution in [1.29, 1.82) is 0 Å². The van der Waals surface area contributed by atoms with Crippen LogP contribution >= 0.6 is 15.9 Å². The molecule has 1 saturated carbocycles. The largest absolute Gasteiger partial charge is 0.459 e. The highest BCUT2D eigenvalue weighted by atomic mass is 79.9. The van der Waals surface area contributed by atoms with E-state index in [1.807, 2.05) is 24.3 Å². The fraction of sp³-hybridized carbons (Fsp3) is 0.438. The van der Waals surface area contributed by atoms with Crippen LogP contribution in [0.4, 0.5) is 4.79 Å². The molecule has 1 aromatic carbocycles. The van der Waals surface area contributed by atoms with Crippen LogP contribution in [0.15, 0.2) is 28.7 Å². The van der Waals surface area contributed by atoms with Crippen LogP contribution in [0.2, 0.25) is 0 Å². The van der Waals surface area contributed by atoms with Crippen molar-refractivity contribution in [3.05, 3.63) is 34.3 Å². The van der Waals surface area contributed by atoms with E-state index in [0.29, 0.717) is 12.8 Å². The van der Waals surface area contributed by atoms with Gasteiger partial charge in [-0.25, -0.2) is 4.79 Å². The molecule has 2 aliphatic rings. The van der Waals surface area contributed by atoms with E-state index in [1.54, 1.807) is 0 Å². The van der Waals surface area contributed by atoms with Gasteiger partial charge in [0.05, 0.1) is 0 Å². The molecule has 1 heterocycles. The lowest BCUT2D eigenvalue weighted by atomic mass is 9.98. The van der Waals surface area contributed by atoms with Crippen LogP contribution in [0.5, 0.6) is 0 Å². The molecule has 0 atom stereocenters. The van der Waals surface area contributed by atoms with E-state index in [4.69, 9.17) is 4.74 Å². The van der Waals surface area contributed by atoms with E-state index in [-0.39, 0.29) is 19.1 Å². The zero-order valence-corrected chi connectivity index (χ0v) is 14.1. The lowest BCUT2D eigenvalue weighted by Crippen LogP contribution is -2.44. The van der Waals surface area contributed by atoms with Crippen molar-refractivity contribution >= 4 is 33.8 Å². The topological polar surface area (TPSA) is 75.7 Å². The maximum Gasteiger partial charge on any atom is 0.326 e. The third-order valence-electron chi connectivity index (χ3n) is 4.34. The average Bonchev–Trinajstić information content (AvgIpc) is 3.08. The SMILES string of the molecule is O=C(CN1C(=O)NC2(CCCC2)C1=O)OCc1ccccc1Br. The second-order valence-corrected chi connectivity index (χ2v) is 6.72. The number of rotatable bonds is 4. The summed E-state index contributed by atoms with van der Waals surface area (Å²) in [5.41, 5.74) is 0.0325. The minimum Gasteiger partial charge on any atom is -0.459 e. The second kappa shape index (κ2) is 6.31. The van der Waals surface area contributed by atoms with Gasteiger partial charge >= 0.3 is 12.0 Å². The normalized spacial score (nSPS) is 19.3. The van der Waals surface area contributed by atoms with Gasteiger partial charge in [-0.3, -0.25) is 14.5 Å². The number of amides is 3. The van der Waals surface area contributed by atoms with Crippen molar-refractivity contribution in [1.82, 2.24) is 10.2 Å². The van der Waals surface area contributed by atoms with Gasteiger partial charge in [-0.15, -0.1) is 0 Å². The Kier molecular flexibility index (Phi) is 4.39. The van der Waals surface area contributed by atoms with Crippen molar-refractivity contribution < 1.29 is 19.1 Å². The lowest BCUT2D eigenvalue weighted by molar-refractivity contribution is -0.148. The van der Waals surface area contributed by atoms with Gasteiger partial charge in [0.15, 0.2) is 0 Å². The standard InChI is InChI=1S/C16H17BrN2O4/c17-12-6-2-1-5-11(12)10-23-13(20)9-19-14(21)16(18-15(19)22)7-3-4-8-16/h1-2,5-6H,3-4,7-10H2,(H,18,22). The summed E-state index contributed by atoms with van der Waals surface area (Å²) in [6.07, 6.45) is 3.10. The minimum atomic E-state index is -0.792. The molecule has 7 heteroatoms. The summed E-state index contributed by atoms with van der Waals surface area (Å²) in [6, 6.07) is 6.89. The third-order valence-corrected chi connectivity index (χ3v) is 5.11. The number of hydrogen-bond donors (Lipinski definition) is 1. The summed E-state index contributed by atoms with van der Waals surface area (Å²) >= 11 is 3.37. The summed E-state index contributed by atoms with van der Waals surface area (Å²) in [6.45, 7) is -0.258. The van der Waals surface area contributed by atoms with Gasteiger partial charge in [-0.05, 0) is 18.9 Å². The first-order chi connectivity index (χ1) is 11.0. The number of nitrogens with zero attached hydrogens (tertiary/aromatic N) is 1. The van der Waals surface area contributed by atoms with Crippen molar-refractivity contribution in [2.45, 2.75) is 37.8 Å². The van der Waals surface area contributed by atoms with Gasteiger partial charge in [0.2, 0.25) is 0 Å². The maximum absolute atomic E-state index is 12.4. The van der Waals surface area contributed by atoms with E-state index >= 15 is 0 Å². The van der Waals surface area contributed by atoms with Gasteiger partial charge in [-0.1, -0.05) is 47.0 Å². The molecule has 6 nitrogen and oxygen atoms in total. The average molecular weight is 381 g/mol. The Balaban J connectivity index is 1.59. The van der Waals surface area contributed by atoms with Crippen LogP contribution in [0.3, 0.4) is 0 Å². The fourth-order valence-corrected chi connectivity index (χ4v) is 3.48. The summed E-state index contributed by atoms with van der Waals surface area (Å²) < 4.78 is 6.02. The van der Waals surface area contributed by atoms with E-state index < -0.39 is 17.5 Å². The maximum atomic E-state index is 12.4. The molecular weight excluding hydrogens is 364 g/mol. The van der Waals surface area contributed by atoms with Crippen molar-refractivity contribution in [3.8, 4) is 0 Å². The molecule has 0 bridgehead atoms. The fourth-order valence-electron chi connectivity index (χ4n) is 3.09. The predicted molar refractivity (Wildman–Crippen MR) is 85.4 cm³/mol. The van der Waals surface area contributed by atoms with Crippen molar-refractivity contribution in [2.75, 3.05) is 6.54 Å². The summed E-state index contributed by atoms with van der Waals surface area (Å²) in [7, 11) is 0. The number of halogens is 1. The smallest absolute Gasteiger partial charge is 0.326 e. The highest BCUT2D eigenvalue weighted by molar-refractivity contribution is 9.10. The molecule has 2 fully saturated rings. The molecular formula is C16H17BrN2O4. The summed E-state index contributed by atoms with van der Waals surface area (Å²) in [5, 5.41) is 2.74. The third kappa shape index (κ3) is 3.10. The van der Waals surface area contributed by atoms with E-state index in [0.717, 1.165) is 27.8 Å². The number of hydrogen-bond acceptors (Lipinski definition) is 4. The van der Waals surface area contributed by atoms with Crippen molar-refractivity contribution in [3.63, 3.8) is 0 Å². The molecule has 1 saturated heterocycles. The molecule has 122 valence electrons. The number of benzene rings is 1. The molecule has 1 aliphatic carbocycles. The molecule has 23 heavy (non-hydrogen) atoms. The Morgan fingerprint density at radius 1 is 1.26 bits per heavy atom. The highest BCUT2D eigenvalue weighted by Crippen LogP contribution is 2.34. The number of urea groups is 1. The number of nitrogens with one attached hydrogen (secondary N) is 1.